The highest BCUT2D eigenvalue weighted by molar-refractivity contribution is 7.90. The molecule has 0 aromatic rings. The zero-order valence-electron chi connectivity index (χ0n) is 11.4. The molecule has 0 saturated carbocycles. The largest absolute Gasteiger partial charge is 0.315 e. The topological polar surface area (TPSA) is 61.4 Å². The maximum atomic E-state index is 12.3. The summed E-state index contributed by atoms with van der Waals surface area (Å²) >= 11 is 0. The first-order valence-electron chi connectivity index (χ1n) is 6.91. The maximum Gasteiger partial charge on any atom is 0.215 e. The number of hydrogen-bond acceptors (Lipinski definition) is 4. The lowest BCUT2D eigenvalue weighted by atomic mass is 10.0. The molecule has 0 bridgehead atoms. The molecule has 0 aromatic carbocycles. The van der Waals surface area contributed by atoms with Crippen LogP contribution in [-0.2, 0) is 10.0 Å². The van der Waals surface area contributed by atoms with Crippen LogP contribution in [0.5, 0.6) is 0 Å². The zero-order valence-corrected chi connectivity index (χ0v) is 12.2. The van der Waals surface area contributed by atoms with Crippen LogP contribution in [0.4, 0.5) is 0 Å². The Hall–Kier alpha value is -0.170. The van der Waals surface area contributed by atoms with E-state index in [-0.39, 0.29) is 11.3 Å². The number of likely N-dealkylation sites (tertiary alicyclic amines) is 1. The fraction of sp³-hybridized carbons (Fsp3) is 1.00. The molecule has 0 amide bonds. The normalized spacial score (nSPS) is 35.6. The molecule has 2 aliphatic heterocycles. The molecule has 2 N–H and O–H groups in total. The van der Waals surface area contributed by atoms with Crippen LogP contribution in [-0.4, -0.2) is 57.3 Å². The summed E-state index contributed by atoms with van der Waals surface area (Å²) < 4.78 is 27.5. The van der Waals surface area contributed by atoms with E-state index >= 15 is 0 Å². The number of rotatable bonds is 3. The Labute approximate surface area is 110 Å². The molecule has 0 spiro atoms. The SMILES string of the molecule is CC1CC(NS(=O)(=O)C2CCCNC2)CCN1C. The van der Waals surface area contributed by atoms with Gasteiger partial charge in [0, 0.05) is 18.6 Å². The van der Waals surface area contributed by atoms with Gasteiger partial charge < -0.3 is 10.2 Å². The molecule has 0 aromatic heterocycles. The van der Waals surface area contributed by atoms with E-state index in [2.05, 4.69) is 28.9 Å². The summed E-state index contributed by atoms with van der Waals surface area (Å²) in [6.45, 7) is 4.66. The number of sulfonamides is 1. The van der Waals surface area contributed by atoms with Gasteiger partial charge in [-0.25, -0.2) is 13.1 Å². The van der Waals surface area contributed by atoms with Crippen LogP contribution in [0.25, 0.3) is 0 Å². The van der Waals surface area contributed by atoms with Gasteiger partial charge in [0.05, 0.1) is 5.25 Å². The van der Waals surface area contributed by atoms with Crippen molar-refractivity contribution in [2.45, 2.75) is 49.9 Å². The second-order valence-electron chi connectivity index (χ2n) is 5.68. The second-order valence-corrected chi connectivity index (χ2v) is 7.67. The van der Waals surface area contributed by atoms with Crippen molar-refractivity contribution >= 4 is 10.0 Å². The van der Waals surface area contributed by atoms with Gasteiger partial charge in [-0.3, -0.25) is 0 Å². The molecule has 3 unspecified atom stereocenters. The molecule has 2 saturated heterocycles. The average molecular weight is 275 g/mol. The quantitative estimate of drug-likeness (QED) is 0.769. The zero-order chi connectivity index (χ0) is 13.2. The molecule has 106 valence electrons. The molecule has 3 atom stereocenters. The van der Waals surface area contributed by atoms with E-state index in [9.17, 15) is 8.42 Å². The van der Waals surface area contributed by atoms with Crippen LogP contribution in [0, 0.1) is 0 Å². The molecule has 18 heavy (non-hydrogen) atoms. The van der Waals surface area contributed by atoms with Gasteiger partial charge in [0.15, 0.2) is 0 Å². The first-order valence-corrected chi connectivity index (χ1v) is 8.46. The fourth-order valence-electron chi connectivity index (χ4n) is 2.81. The van der Waals surface area contributed by atoms with E-state index in [0.717, 1.165) is 38.8 Å². The number of piperidine rings is 2. The van der Waals surface area contributed by atoms with Gasteiger partial charge in [-0.1, -0.05) is 0 Å². The molecule has 0 aliphatic carbocycles. The van der Waals surface area contributed by atoms with Crippen molar-refractivity contribution in [1.82, 2.24) is 14.9 Å². The maximum absolute atomic E-state index is 12.3. The summed E-state index contributed by atoms with van der Waals surface area (Å²) in [5.41, 5.74) is 0. The van der Waals surface area contributed by atoms with E-state index in [1.807, 2.05) is 0 Å². The van der Waals surface area contributed by atoms with Gasteiger partial charge in [-0.15, -0.1) is 0 Å². The van der Waals surface area contributed by atoms with Gasteiger partial charge in [0.2, 0.25) is 10.0 Å². The van der Waals surface area contributed by atoms with Gasteiger partial charge >= 0.3 is 0 Å². The fourth-order valence-corrected chi connectivity index (χ4v) is 4.50. The van der Waals surface area contributed by atoms with Crippen molar-refractivity contribution in [3.63, 3.8) is 0 Å². The van der Waals surface area contributed by atoms with Gasteiger partial charge in [0.25, 0.3) is 0 Å². The summed E-state index contributed by atoms with van der Waals surface area (Å²) in [4.78, 5) is 2.28. The summed E-state index contributed by atoms with van der Waals surface area (Å²) in [5, 5.41) is 2.92. The highest BCUT2D eigenvalue weighted by Crippen LogP contribution is 2.18. The summed E-state index contributed by atoms with van der Waals surface area (Å²) in [5.74, 6) is 0. The Kier molecular flexibility index (Phi) is 4.64. The molecular weight excluding hydrogens is 250 g/mol. The standard InChI is InChI=1S/C12H25N3O2S/c1-10-8-11(5-7-15(10)2)14-18(16,17)12-4-3-6-13-9-12/h10-14H,3-9H2,1-2H3. The Morgan fingerprint density at radius 3 is 2.72 bits per heavy atom. The average Bonchev–Trinajstić information content (AvgIpc) is 2.35. The van der Waals surface area contributed by atoms with E-state index < -0.39 is 10.0 Å². The van der Waals surface area contributed by atoms with E-state index in [1.165, 1.54) is 0 Å². The third kappa shape index (κ3) is 3.44. The van der Waals surface area contributed by atoms with E-state index in [0.29, 0.717) is 12.6 Å². The smallest absolute Gasteiger partial charge is 0.215 e. The van der Waals surface area contributed by atoms with Gasteiger partial charge in [-0.2, -0.15) is 0 Å². The second kappa shape index (κ2) is 5.86. The van der Waals surface area contributed by atoms with Crippen molar-refractivity contribution in [1.29, 1.82) is 0 Å². The molecule has 2 fully saturated rings. The minimum Gasteiger partial charge on any atom is -0.315 e. The van der Waals surface area contributed by atoms with Crippen LogP contribution in [0.1, 0.15) is 32.6 Å². The molecule has 2 aliphatic rings. The highest BCUT2D eigenvalue weighted by atomic mass is 32.2. The monoisotopic (exact) mass is 275 g/mol. The van der Waals surface area contributed by atoms with E-state index in [1.54, 1.807) is 0 Å². The molecule has 0 radical (unpaired) electrons. The number of hydrogen-bond donors (Lipinski definition) is 2. The predicted octanol–water partition coefficient (Wildman–Crippen LogP) is 0.141. The highest BCUT2D eigenvalue weighted by Gasteiger charge is 2.31. The Balaban J connectivity index is 1.91. The predicted molar refractivity (Wildman–Crippen MR) is 73.1 cm³/mol. The van der Waals surface area contributed by atoms with Crippen LogP contribution < -0.4 is 10.0 Å². The van der Waals surface area contributed by atoms with Gasteiger partial charge in [0.1, 0.15) is 0 Å². The van der Waals surface area contributed by atoms with Gasteiger partial charge in [-0.05, 0) is 52.7 Å². The molecule has 5 nitrogen and oxygen atoms in total. The summed E-state index contributed by atoms with van der Waals surface area (Å²) in [6, 6.07) is 0.569. The number of nitrogens with one attached hydrogen (secondary N) is 2. The Morgan fingerprint density at radius 2 is 2.11 bits per heavy atom. The van der Waals surface area contributed by atoms with Crippen molar-refractivity contribution in [2.24, 2.45) is 0 Å². The molecule has 2 rings (SSSR count). The first-order chi connectivity index (χ1) is 8.49. The number of nitrogens with zero attached hydrogens (tertiary/aromatic N) is 1. The minimum atomic E-state index is -3.15. The Bertz CT molecular complexity index is 366. The summed E-state index contributed by atoms with van der Waals surface area (Å²) in [6.07, 6.45) is 3.57. The van der Waals surface area contributed by atoms with Crippen LogP contribution >= 0.6 is 0 Å². The van der Waals surface area contributed by atoms with Crippen LogP contribution in [0.3, 0.4) is 0 Å². The molecular formula is C12H25N3O2S. The van der Waals surface area contributed by atoms with Crippen LogP contribution in [0.2, 0.25) is 0 Å². The van der Waals surface area contributed by atoms with Crippen molar-refractivity contribution in [2.75, 3.05) is 26.7 Å². The third-order valence-electron chi connectivity index (χ3n) is 4.23. The first kappa shape index (κ1) is 14.2. The lowest BCUT2D eigenvalue weighted by Gasteiger charge is -2.36. The van der Waals surface area contributed by atoms with Crippen molar-refractivity contribution < 1.29 is 8.42 Å². The minimum absolute atomic E-state index is 0.114. The van der Waals surface area contributed by atoms with Crippen molar-refractivity contribution in [3.05, 3.63) is 0 Å². The molecule has 6 heteroatoms. The lowest BCUT2D eigenvalue weighted by Crippen LogP contribution is -2.51. The Morgan fingerprint density at radius 1 is 1.33 bits per heavy atom. The third-order valence-corrected chi connectivity index (χ3v) is 6.17. The van der Waals surface area contributed by atoms with E-state index in [4.69, 9.17) is 0 Å². The van der Waals surface area contributed by atoms with Crippen LogP contribution in [0.15, 0.2) is 0 Å². The van der Waals surface area contributed by atoms with Crippen molar-refractivity contribution in [3.8, 4) is 0 Å². The summed E-state index contributed by atoms with van der Waals surface area (Å²) in [7, 11) is -1.06. The molecule has 2 heterocycles. The lowest BCUT2D eigenvalue weighted by molar-refractivity contribution is 0.178.